The van der Waals surface area contributed by atoms with Crippen LogP contribution in [-0.4, -0.2) is 24.5 Å². The fourth-order valence-electron chi connectivity index (χ4n) is 1.88. The molecule has 0 aliphatic carbocycles. The molecule has 1 fully saturated rings. The molecule has 0 radical (unpaired) electrons. The van der Waals surface area contributed by atoms with Gasteiger partial charge < -0.3 is 9.84 Å². The highest BCUT2D eigenvalue weighted by Gasteiger charge is 2.37. The molecular weight excluding hydrogens is 194 g/mol. The van der Waals surface area contributed by atoms with Gasteiger partial charge in [0.1, 0.15) is 5.75 Å². The van der Waals surface area contributed by atoms with Gasteiger partial charge in [-0.15, -0.1) is 0 Å². The minimum atomic E-state index is -1.03. The number of aldehydes is 1. The molecule has 0 bridgehead atoms. The number of aromatic hydroxyl groups is 1. The first-order valence-corrected chi connectivity index (χ1v) is 4.83. The summed E-state index contributed by atoms with van der Waals surface area (Å²) in [5, 5.41) is 12.3. The standard InChI is InChI=1S/C11H13NO3/c1-8-6-9(14)2-3-10(8)11(7-13)12-4-5-15-11/h2-3,6-7,12,14H,4-5H2,1H3. The third-order valence-electron chi connectivity index (χ3n) is 2.60. The Morgan fingerprint density at radius 2 is 2.40 bits per heavy atom. The molecule has 80 valence electrons. The molecular formula is C11H13NO3. The summed E-state index contributed by atoms with van der Waals surface area (Å²) in [4.78, 5) is 11.1. The van der Waals surface area contributed by atoms with Gasteiger partial charge in [0.05, 0.1) is 6.61 Å². The predicted molar refractivity (Wildman–Crippen MR) is 54.5 cm³/mol. The Labute approximate surface area is 87.9 Å². The Balaban J connectivity index is 2.47. The van der Waals surface area contributed by atoms with Crippen LogP contribution in [0.4, 0.5) is 0 Å². The Morgan fingerprint density at radius 3 is 2.93 bits per heavy atom. The second-order valence-corrected chi connectivity index (χ2v) is 3.63. The topological polar surface area (TPSA) is 58.6 Å². The largest absolute Gasteiger partial charge is 0.508 e. The molecule has 15 heavy (non-hydrogen) atoms. The maximum atomic E-state index is 11.1. The Kier molecular flexibility index (Phi) is 2.46. The van der Waals surface area contributed by atoms with Crippen LogP contribution in [0.3, 0.4) is 0 Å². The van der Waals surface area contributed by atoms with Gasteiger partial charge in [0.2, 0.25) is 5.72 Å². The normalized spacial score (nSPS) is 25.4. The van der Waals surface area contributed by atoms with Crippen molar-refractivity contribution in [2.75, 3.05) is 13.2 Å². The lowest BCUT2D eigenvalue weighted by Gasteiger charge is -2.24. The van der Waals surface area contributed by atoms with Crippen molar-refractivity contribution in [3.8, 4) is 5.75 Å². The molecule has 1 aliphatic heterocycles. The first-order chi connectivity index (χ1) is 7.18. The van der Waals surface area contributed by atoms with Gasteiger partial charge in [-0.2, -0.15) is 0 Å². The summed E-state index contributed by atoms with van der Waals surface area (Å²) in [5.41, 5.74) is 0.557. The number of benzene rings is 1. The highest BCUT2D eigenvalue weighted by Crippen LogP contribution is 2.28. The monoisotopic (exact) mass is 207 g/mol. The van der Waals surface area contributed by atoms with Gasteiger partial charge in [-0.1, -0.05) is 6.07 Å². The van der Waals surface area contributed by atoms with E-state index in [9.17, 15) is 9.90 Å². The fraction of sp³-hybridized carbons (Fsp3) is 0.364. The molecule has 1 aliphatic rings. The molecule has 4 nitrogen and oxygen atoms in total. The molecule has 0 amide bonds. The number of aryl methyl sites for hydroxylation is 1. The van der Waals surface area contributed by atoms with E-state index >= 15 is 0 Å². The van der Waals surface area contributed by atoms with Gasteiger partial charge in [0, 0.05) is 12.1 Å². The van der Waals surface area contributed by atoms with Crippen LogP contribution in [0.15, 0.2) is 18.2 Å². The SMILES string of the molecule is Cc1cc(O)ccc1C1(C=O)NCCO1. The molecule has 2 N–H and O–H groups in total. The van der Waals surface area contributed by atoms with Crippen LogP contribution in [0.5, 0.6) is 5.75 Å². The van der Waals surface area contributed by atoms with Gasteiger partial charge in [-0.3, -0.25) is 10.1 Å². The number of hydrogen-bond donors (Lipinski definition) is 2. The second kappa shape index (κ2) is 3.64. The highest BCUT2D eigenvalue weighted by molar-refractivity contribution is 5.67. The molecule has 0 spiro atoms. The molecule has 0 aromatic heterocycles. The average molecular weight is 207 g/mol. The van der Waals surface area contributed by atoms with E-state index in [0.29, 0.717) is 13.2 Å². The van der Waals surface area contributed by atoms with Crippen LogP contribution in [0.1, 0.15) is 11.1 Å². The zero-order valence-corrected chi connectivity index (χ0v) is 8.49. The summed E-state index contributed by atoms with van der Waals surface area (Å²) >= 11 is 0. The van der Waals surface area contributed by atoms with Gasteiger partial charge in [0.25, 0.3) is 0 Å². The molecule has 0 saturated carbocycles. The molecule has 4 heteroatoms. The van der Waals surface area contributed by atoms with Crippen molar-refractivity contribution < 1.29 is 14.6 Å². The second-order valence-electron chi connectivity index (χ2n) is 3.63. The van der Waals surface area contributed by atoms with Gasteiger partial charge in [-0.05, 0) is 24.6 Å². The van der Waals surface area contributed by atoms with Crippen molar-refractivity contribution in [1.82, 2.24) is 5.32 Å². The lowest BCUT2D eigenvalue weighted by Crippen LogP contribution is -2.40. The molecule has 1 atom stereocenters. The Bertz CT molecular complexity index is 383. The van der Waals surface area contributed by atoms with Crippen molar-refractivity contribution in [2.45, 2.75) is 12.6 Å². The number of carbonyl (C=O) groups excluding carboxylic acids is 1. The Hall–Kier alpha value is -1.39. The van der Waals surface area contributed by atoms with Crippen LogP contribution in [0.25, 0.3) is 0 Å². The number of hydrogen-bond acceptors (Lipinski definition) is 4. The van der Waals surface area contributed by atoms with E-state index in [1.807, 2.05) is 6.92 Å². The lowest BCUT2D eigenvalue weighted by molar-refractivity contribution is -0.128. The predicted octanol–water partition coefficient (Wildman–Crippen LogP) is 0.672. The molecule has 2 rings (SSSR count). The lowest BCUT2D eigenvalue weighted by atomic mass is 9.99. The third kappa shape index (κ3) is 1.62. The summed E-state index contributed by atoms with van der Waals surface area (Å²) in [7, 11) is 0. The van der Waals surface area contributed by atoms with E-state index in [1.165, 1.54) is 0 Å². The fourth-order valence-corrected chi connectivity index (χ4v) is 1.88. The third-order valence-corrected chi connectivity index (χ3v) is 2.60. The smallest absolute Gasteiger partial charge is 0.202 e. The number of phenolic OH excluding ortho intramolecular Hbond substituents is 1. The summed E-state index contributed by atoms with van der Waals surface area (Å²) in [5.74, 6) is 0.190. The van der Waals surface area contributed by atoms with Crippen molar-refractivity contribution in [3.05, 3.63) is 29.3 Å². The first-order valence-electron chi connectivity index (χ1n) is 4.83. The van der Waals surface area contributed by atoms with Gasteiger partial charge in [-0.25, -0.2) is 0 Å². The number of carbonyl (C=O) groups is 1. The minimum Gasteiger partial charge on any atom is -0.508 e. The number of nitrogens with one attached hydrogen (secondary N) is 1. The van der Waals surface area contributed by atoms with Crippen LogP contribution in [0, 0.1) is 6.92 Å². The first kappa shape index (κ1) is 10.1. The highest BCUT2D eigenvalue weighted by atomic mass is 16.5. The zero-order valence-electron chi connectivity index (χ0n) is 8.49. The number of rotatable bonds is 2. The van der Waals surface area contributed by atoms with Crippen molar-refractivity contribution in [1.29, 1.82) is 0 Å². The summed E-state index contributed by atoms with van der Waals surface area (Å²) < 4.78 is 5.44. The molecule has 1 saturated heterocycles. The summed E-state index contributed by atoms with van der Waals surface area (Å²) in [6.07, 6.45) is 0.763. The maximum Gasteiger partial charge on any atom is 0.202 e. The van der Waals surface area contributed by atoms with E-state index < -0.39 is 5.72 Å². The molecule has 1 unspecified atom stereocenters. The van der Waals surface area contributed by atoms with E-state index in [1.54, 1.807) is 18.2 Å². The molecule has 1 aromatic rings. The molecule has 1 heterocycles. The van der Waals surface area contributed by atoms with E-state index in [2.05, 4.69) is 5.32 Å². The average Bonchev–Trinajstić information content (AvgIpc) is 2.67. The summed E-state index contributed by atoms with van der Waals surface area (Å²) in [6.45, 7) is 3.00. The van der Waals surface area contributed by atoms with E-state index in [-0.39, 0.29) is 5.75 Å². The zero-order chi connectivity index (χ0) is 10.9. The summed E-state index contributed by atoms with van der Waals surface area (Å²) in [6, 6.07) is 4.87. The van der Waals surface area contributed by atoms with Crippen molar-refractivity contribution in [3.63, 3.8) is 0 Å². The quantitative estimate of drug-likeness (QED) is 0.700. The van der Waals surface area contributed by atoms with E-state index in [0.717, 1.165) is 17.4 Å². The minimum absolute atomic E-state index is 0.190. The van der Waals surface area contributed by atoms with Crippen LogP contribution < -0.4 is 5.32 Å². The van der Waals surface area contributed by atoms with Crippen molar-refractivity contribution in [2.24, 2.45) is 0 Å². The van der Waals surface area contributed by atoms with Gasteiger partial charge in [0.15, 0.2) is 6.29 Å². The van der Waals surface area contributed by atoms with Crippen LogP contribution >= 0.6 is 0 Å². The van der Waals surface area contributed by atoms with Gasteiger partial charge >= 0.3 is 0 Å². The number of ether oxygens (including phenoxy) is 1. The molecule has 1 aromatic carbocycles. The maximum absolute atomic E-state index is 11.1. The van der Waals surface area contributed by atoms with E-state index in [4.69, 9.17) is 4.74 Å². The Morgan fingerprint density at radius 1 is 1.60 bits per heavy atom. The van der Waals surface area contributed by atoms with Crippen molar-refractivity contribution >= 4 is 6.29 Å². The van der Waals surface area contributed by atoms with Crippen LogP contribution in [-0.2, 0) is 15.3 Å². The van der Waals surface area contributed by atoms with Crippen LogP contribution in [0.2, 0.25) is 0 Å². The number of phenols is 1.